The first-order valence-electron chi connectivity index (χ1n) is 4.66. The summed E-state index contributed by atoms with van der Waals surface area (Å²) in [6.07, 6.45) is -0.840. The molecular weight excluding hydrogens is 399 g/mol. The van der Waals surface area contributed by atoms with Crippen molar-refractivity contribution in [1.82, 2.24) is 5.32 Å². The van der Waals surface area contributed by atoms with Gasteiger partial charge in [-0.25, -0.2) is 13.6 Å². The molecule has 2 rings (SSSR count). The molecule has 0 unspecified atom stereocenters. The molecule has 0 radical (unpaired) electrons. The molecule has 0 aromatic heterocycles. The van der Waals surface area contributed by atoms with Crippen molar-refractivity contribution >= 4 is 50.4 Å². The summed E-state index contributed by atoms with van der Waals surface area (Å²) < 4.78 is 32.8. The molecular formula is C10H8Br2ClF2NO2. The highest BCUT2D eigenvalue weighted by molar-refractivity contribution is 9.11. The van der Waals surface area contributed by atoms with Gasteiger partial charge in [-0.2, -0.15) is 0 Å². The Balaban J connectivity index is 0.00000162. The lowest BCUT2D eigenvalue weighted by atomic mass is 10.0. The van der Waals surface area contributed by atoms with Crippen molar-refractivity contribution in [2.24, 2.45) is 0 Å². The Hall–Kier alpha value is -0.400. The number of benzene rings is 1. The average Bonchev–Trinajstić information content (AvgIpc) is 2.26. The molecule has 0 aliphatic carbocycles. The van der Waals surface area contributed by atoms with Gasteiger partial charge in [0.15, 0.2) is 6.61 Å². The summed E-state index contributed by atoms with van der Waals surface area (Å²) >= 11 is 6.40. The normalized spacial score (nSPS) is 21.6. The number of ether oxygens (including phenoxy) is 1. The van der Waals surface area contributed by atoms with Gasteiger partial charge in [-0.15, -0.1) is 12.4 Å². The molecule has 0 spiro atoms. The van der Waals surface area contributed by atoms with Gasteiger partial charge in [-0.1, -0.05) is 31.9 Å². The second-order valence-electron chi connectivity index (χ2n) is 3.58. The van der Waals surface area contributed by atoms with E-state index < -0.39 is 24.7 Å². The summed E-state index contributed by atoms with van der Waals surface area (Å²) in [4.78, 5) is 11.0. The molecule has 1 N–H and O–H groups in total. The second kappa shape index (κ2) is 5.71. The molecule has 18 heavy (non-hydrogen) atoms. The number of nitrogens with one attached hydrogen (secondary N) is 1. The maximum Gasteiger partial charge on any atom is 0.408 e. The minimum atomic E-state index is -3.14. The first kappa shape index (κ1) is 15.7. The van der Waals surface area contributed by atoms with Gasteiger partial charge in [0.05, 0.1) is 0 Å². The predicted molar refractivity (Wildman–Crippen MR) is 71.3 cm³/mol. The fraction of sp³-hybridized carbons (Fsp3) is 0.300. The zero-order chi connectivity index (χ0) is 12.6. The molecule has 1 fully saturated rings. The lowest BCUT2D eigenvalue weighted by molar-refractivity contribution is -0.104. The summed E-state index contributed by atoms with van der Waals surface area (Å²) in [5, 5.41) is 2.13. The molecule has 8 heteroatoms. The number of rotatable bonds is 1. The molecule has 1 saturated heterocycles. The van der Waals surface area contributed by atoms with Crippen LogP contribution in [0.1, 0.15) is 11.6 Å². The SMILES string of the molecule is Cl.O=C1N[C@@H](c2cc(Br)ccc2Br)C(F)(F)CO1. The number of hydrogen-bond acceptors (Lipinski definition) is 2. The second-order valence-corrected chi connectivity index (χ2v) is 5.35. The third-order valence-corrected chi connectivity index (χ3v) is 3.56. The fourth-order valence-corrected chi connectivity index (χ4v) is 2.41. The highest BCUT2D eigenvalue weighted by atomic mass is 79.9. The Labute approximate surface area is 125 Å². The zero-order valence-corrected chi connectivity index (χ0v) is 12.7. The van der Waals surface area contributed by atoms with E-state index in [0.29, 0.717) is 14.5 Å². The molecule has 3 nitrogen and oxygen atoms in total. The number of carbonyl (C=O) groups is 1. The van der Waals surface area contributed by atoms with E-state index in [0.717, 1.165) is 0 Å². The Morgan fingerprint density at radius 1 is 1.39 bits per heavy atom. The summed E-state index contributed by atoms with van der Waals surface area (Å²) in [5.74, 6) is -3.14. The van der Waals surface area contributed by atoms with Crippen molar-refractivity contribution in [1.29, 1.82) is 0 Å². The van der Waals surface area contributed by atoms with Gasteiger partial charge in [0.2, 0.25) is 0 Å². The molecule has 1 amide bonds. The molecule has 1 heterocycles. The van der Waals surface area contributed by atoms with Gasteiger partial charge in [-0.05, 0) is 23.8 Å². The van der Waals surface area contributed by atoms with Crippen LogP contribution in [-0.2, 0) is 4.74 Å². The van der Waals surface area contributed by atoms with E-state index >= 15 is 0 Å². The smallest absolute Gasteiger partial charge is 0.408 e. The Morgan fingerprint density at radius 2 is 2.06 bits per heavy atom. The van der Waals surface area contributed by atoms with Crippen molar-refractivity contribution < 1.29 is 18.3 Å². The van der Waals surface area contributed by atoms with Crippen molar-refractivity contribution in [3.63, 3.8) is 0 Å². The van der Waals surface area contributed by atoms with Gasteiger partial charge < -0.3 is 10.1 Å². The highest BCUT2D eigenvalue weighted by Gasteiger charge is 2.47. The number of alkyl carbamates (subject to hydrolysis) is 1. The van der Waals surface area contributed by atoms with Crippen molar-refractivity contribution in [2.45, 2.75) is 12.0 Å². The van der Waals surface area contributed by atoms with Crippen LogP contribution in [0.2, 0.25) is 0 Å². The van der Waals surface area contributed by atoms with Gasteiger partial charge in [0, 0.05) is 8.95 Å². The van der Waals surface area contributed by atoms with Crippen molar-refractivity contribution in [3.8, 4) is 0 Å². The largest absolute Gasteiger partial charge is 0.443 e. The third kappa shape index (κ3) is 3.13. The summed E-state index contributed by atoms with van der Waals surface area (Å²) in [6.45, 7) is -0.914. The zero-order valence-electron chi connectivity index (χ0n) is 8.75. The number of cyclic esters (lactones) is 1. The Kier molecular flexibility index (Phi) is 4.97. The van der Waals surface area contributed by atoms with Crippen LogP contribution in [0, 0.1) is 0 Å². The van der Waals surface area contributed by atoms with Crippen LogP contribution in [0.25, 0.3) is 0 Å². The minimum absolute atomic E-state index is 0. The topological polar surface area (TPSA) is 38.3 Å². The van der Waals surface area contributed by atoms with Crippen LogP contribution in [0.4, 0.5) is 13.6 Å². The molecule has 1 aromatic carbocycles. The molecule has 1 aliphatic heterocycles. The monoisotopic (exact) mass is 405 g/mol. The van der Waals surface area contributed by atoms with Crippen LogP contribution >= 0.6 is 44.3 Å². The first-order chi connectivity index (χ1) is 7.90. The highest BCUT2D eigenvalue weighted by Crippen LogP contribution is 2.38. The van der Waals surface area contributed by atoms with Gasteiger partial charge >= 0.3 is 12.0 Å². The van der Waals surface area contributed by atoms with E-state index in [-0.39, 0.29) is 12.4 Å². The number of halogens is 5. The number of hydrogen-bond donors (Lipinski definition) is 1. The van der Waals surface area contributed by atoms with E-state index in [9.17, 15) is 13.6 Å². The van der Waals surface area contributed by atoms with Crippen LogP contribution in [0.5, 0.6) is 0 Å². The van der Waals surface area contributed by atoms with E-state index in [2.05, 4.69) is 41.9 Å². The molecule has 0 bridgehead atoms. The van der Waals surface area contributed by atoms with E-state index in [1.54, 1.807) is 12.1 Å². The van der Waals surface area contributed by atoms with Crippen molar-refractivity contribution in [3.05, 3.63) is 32.7 Å². The van der Waals surface area contributed by atoms with Gasteiger partial charge in [-0.3, -0.25) is 0 Å². The van der Waals surface area contributed by atoms with Crippen molar-refractivity contribution in [2.75, 3.05) is 6.61 Å². The van der Waals surface area contributed by atoms with Crippen LogP contribution < -0.4 is 5.32 Å². The summed E-state index contributed by atoms with van der Waals surface area (Å²) in [6, 6.07) is 3.49. The Morgan fingerprint density at radius 3 is 2.72 bits per heavy atom. The third-order valence-electron chi connectivity index (χ3n) is 2.35. The molecule has 0 saturated carbocycles. The molecule has 1 aliphatic rings. The lowest BCUT2D eigenvalue weighted by Crippen LogP contribution is -2.49. The lowest BCUT2D eigenvalue weighted by Gasteiger charge is -2.32. The number of alkyl halides is 2. The molecule has 100 valence electrons. The average molecular weight is 407 g/mol. The van der Waals surface area contributed by atoms with Crippen LogP contribution in [0.3, 0.4) is 0 Å². The quantitative estimate of drug-likeness (QED) is 0.763. The fourth-order valence-electron chi connectivity index (χ4n) is 1.55. The number of amides is 1. The standard InChI is InChI=1S/C10H7Br2F2NO2.ClH/c11-5-1-2-7(12)6(3-5)8-10(13,14)4-17-9(16)15-8;/h1-3,8H,4H2,(H,15,16);1H/t8-;/m0./s1. The number of carbonyl (C=O) groups excluding carboxylic acids is 1. The van der Waals surface area contributed by atoms with E-state index in [1.165, 1.54) is 6.07 Å². The van der Waals surface area contributed by atoms with Crippen LogP contribution in [0.15, 0.2) is 27.1 Å². The van der Waals surface area contributed by atoms with Gasteiger partial charge in [0.1, 0.15) is 6.04 Å². The minimum Gasteiger partial charge on any atom is -0.443 e. The predicted octanol–water partition coefficient (Wildman–Crippen LogP) is 4.05. The van der Waals surface area contributed by atoms with E-state index in [1.807, 2.05) is 0 Å². The molecule has 1 atom stereocenters. The maximum absolute atomic E-state index is 13.7. The molecule has 1 aromatic rings. The summed E-state index contributed by atoms with van der Waals surface area (Å²) in [5.41, 5.74) is 0.307. The van der Waals surface area contributed by atoms with Crippen LogP contribution in [-0.4, -0.2) is 18.6 Å². The maximum atomic E-state index is 13.7. The van der Waals surface area contributed by atoms with Gasteiger partial charge in [0.25, 0.3) is 0 Å². The van der Waals surface area contributed by atoms with E-state index in [4.69, 9.17) is 0 Å². The first-order valence-corrected chi connectivity index (χ1v) is 6.25. The summed E-state index contributed by atoms with van der Waals surface area (Å²) in [7, 11) is 0. The Bertz CT molecular complexity index is 473.